The zero-order valence-electron chi connectivity index (χ0n) is 5.37. The molecule has 0 aliphatic heterocycles. The average Bonchev–Trinajstić information content (AvgIpc) is 2.01. The van der Waals surface area contributed by atoms with Crippen molar-refractivity contribution < 1.29 is 0 Å². The minimum Gasteiger partial charge on any atom is -0.121 e. The summed E-state index contributed by atoms with van der Waals surface area (Å²) in [6, 6.07) is 3.57. The predicted molar refractivity (Wildman–Crippen MR) is 53.7 cm³/mol. The average molecular weight is 274 g/mol. The Bertz CT molecular complexity index is 273. The maximum atomic E-state index is 5.88. The molecule has 0 heterocycles. The number of alkyl halides is 1. The Balaban J connectivity index is 3.25. The molecule has 0 unspecified atom stereocenters. The fourth-order valence-corrected chi connectivity index (χ4v) is 1.78. The highest BCUT2D eigenvalue weighted by Crippen LogP contribution is 2.33. The molecule has 0 atom stereocenters. The molecule has 1 rings (SSSR count). The summed E-state index contributed by atoms with van der Waals surface area (Å²) in [6.45, 7) is 0. The van der Waals surface area contributed by atoms with Crippen molar-refractivity contribution in [2.75, 3.05) is 0 Å². The summed E-state index contributed by atoms with van der Waals surface area (Å²) >= 11 is 20.5. The smallest absolute Gasteiger partial charge is 0.0607 e. The number of hydrogen-bond donors (Lipinski definition) is 0. The van der Waals surface area contributed by atoms with Gasteiger partial charge in [-0.05, 0) is 27.6 Å². The summed E-state index contributed by atoms with van der Waals surface area (Å²) in [5.41, 5.74) is 0.879. The van der Waals surface area contributed by atoms with Gasteiger partial charge >= 0.3 is 0 Å². The van der Waals surface area contributed by atoms with Gasteiger partial charge in [0.25, 0.3) is 0 Å². The van der Waals surface area contributed by atoms with E-state index in [0.29, 0.717) is 20.4 Å². The van der Waals surface area contributed by atoms with Gasteiger partial charge in [-0.2, -0.15) is 0 Å². The first kappa shape index (κ1) is 9.66. The SMILES string of the molecule is ClCc1ccc(Cl)c(Br)c1Cl. The van der Waals surface area contributed by atoms with Crippen LogP contribution in [0.4, 0.5) is 0 Å². The summed E-state index contributed by atoms with van der Waals surface area (Å²) in [4.78, 5) is 0. The zero-order valence-corrected chi connectivity index (χ0v) is 9.23. The summed E-state index contributed by atoms with van der Waals surface area (Å²) < 4.78 is 0.707. The van der Waals surface area contributed by atoms with Crippen molar-refractivity contribution in [2.24, 2.45) is 0 Å². The second-order valence-corrected chi connectivity index (χ2v) is 3.81. The molecule has 0 nitrogen and oxygen atoms in total. The molecule has 4 heteroatoms. The molecule has 0 aliphatic rings. The molecule has 11 heavy (non-hydrogen) atoms. The number of benzene rings is 1. The molecular weight excluding hydrogens is 270 g/mol. The van der Waals surface area contributed by atoms with E-state index in [1.165, 1.54) is 0 Å². The van der Waals surface area contributed by atoms with Crippen LogP contribution in [0, 0.1) is 0 Å². The molecule has 0 radical (unpaired) electrons. The molecule has 1 aromatic carbocycles. The normalized spacial score (nSPS) is 10.2. The Morgan fingerprint density at radius 3 is 2.45 bits per heavy atom. The molecule has 0 aromatic heterocycles. The van der Waals surface area contributed by atoms with Crippen LogP contribution >= 0.6 is 50.7 Å². The van der Waals surface area contributed by atoms with Gasteiger partial charge in [-0.3, -0.25) is 0 Å². The van der Waals surface area contributed by atoms with Gasteiger partial charge in [-0.1, -0.05) is 29.3 Å². The van der Waals surface area contributed by atoms with Crippen molar-refractivity contribution in [3.8, 4) is 0 Å². The quantitative estimate of drug-likeness (QED) is 0.522. The lowest BCUT2D eigenvalue weighted by atomic mass is 10.2. The molecular formula is C7H4BrCl3. The third kappa shape index (κ3) is 2.03. The summed E-state index contributed by atoms with van der Waals surface area (Å²) in [5.74, 6) is 0.397. The zero-order chi connectivity index (χ0) is 8.43. The monoisotopic (exact) mass is 272 g/mol. The molecule has 60 valence electrons. The lowest BCUT2D eigenvalue weighted by molar-refractivity contribution is 1.39. The lowest BCUT2D eigenvalue weighted by Crippen LogP contribution is -1.81. The van der Waals surface area contributed by atoms with E-state index in [1.54, 1.807) is 6.07 Å². The van der Waals surface area contributed by atoms with Crippen LogP contribution in [0.2, 0.25) is 10.0 Å². The molecule has 0 amide bonds. The van der Waals surface area contributed by atoms with E-state index in [9.17, 15) is 0 Å². The molecule has 0 spiro atoms. The Labute approximate surface area is 88.6 Å². The first-order chi connectivity index (χ1) is 5.16. The number of hydrogen-bond acceptors (Lipinski definition) is 0. The highest BCUT2D eigenvalue weighted by molar-refractivity contribution is 9.10. The van der Waals surface area contributed by atoms with Gasteiger partial charge in [0.15, 0.2) is 0 Å². The standard InChI is InChI=1S/C7H4BrCl3/c8-6-5(10)2-1-4(3-9)7(6)11/h1-2H,3H2. The number of halogens is 4. The molecule has 0 fully saturated rings. The molecule has 0 aliphatic carbocycles. The van der Waals surface area contributed by atoms with Crippen LogP contribution in [0.3, 0.4) is 0 Å². The Morgan fingerprint density at radius 1 is 1.27 bits per heavy atom. The van der Waals surface area contributed by atoms with Gasteiger partial charge in [0, 0.05) is 5.88 Å². The van der Waals surface area contributed by atoms with E-state index >= 15 is 0 Å². The van der Waals surface area contributed by atoms with Crippen molar-refractivity contribution in [3.05, 3.63) is 32.2 Å². The van der Waals surface area contributed by atoms with Gasteiger partial charge in [-0.15, -0.1) is 11.6 Å². The first-order valence-electron chi connectivity index (χ1n) is 2.85. The Kier molecular flexibility index (Phi) is 3.51. The molecule has 0 saturated carbocycles. The van der Waals surface area contributed by atoms with E-state index in [1.807, 2.05) is 6.07 Å². The van der Waals surface area contributed by atoms with Gasteiger partial charge in [-0.25, -0.2) is 0 Å². The fourth-order valence-electron chi connectivity index (χ4n) is 0.669. The highest BCUT2D eigenvalue weighted by Gasteiger charge is 2.06. The van der Waals surface area contributed by atoms with Crippen LogP contribution in [0.15, 0.2) is 16.6 Å². The molecule has 0 N–H and O–H groups in total. The Hall–Kier alpha value is 0.570. The minimum absolute atomic E-state index is 0.397. The van der Waals surface area contributed by atoms with Crippen molar-refractivity contribution >= 4 is 50.7 Å². The fraction of sp³-hybridized carbons (Fsp3) is 0.143. The second-order valence-electron chi connectivity index (χ2n) is 1.97. The number of rotatable bonds is 1. The van der Waals surface area contributed by atoms with Crippen LogP contribution in [-0.2, 0) is 5.88 Å². The van der Waals surface area contributed by atoms with Crippen LogP contribution in [0.1, 0.15) is 5.56 Å². The summed E-state index contributed by atoms with van der Waals surface area (Å²) in [6.07, 6.45) is 0. The van der Waals surface area contributed by atoms with E-state index in [-0.39, 0.29) is 0 Å². The van der Waals surface area contributed by atoms with Crippen molar-refractivity contribution in [1.82, 2.24) is 0 Å². The molecule has 0 saturated heterocycles. The van der Waals surface area contributed by atoms with Crippen molar-refractivity contribution in [2.45, 2.75) is 5.88 Å². The lowest BCUT2D eigenvalue weighted by Gasteiger charge is -2.02. The molecule has 0 bridgehead atoms. The van der Waals surface area contributed by atoms with Crippen molar-refractivity contribution in [1.29, 1.82) is 0 Å². The van der Waals surface area contributed by atoms with Crippen molar-refractivity contribution in [3.63, 3.8) is 0 Å². The van der Waals surface area contributed by atoms with E-state index in [4.69, 9.17) is 34.8 Å². The summed E-state index contributed by atoms with van der Waals surface area (Å²) in [5, 5.41) is 1.19. The van der Waals surface area contributed by atoms with Gasteiger partial charge in [0.2, 0.25) is 0 Å². The largest absolute Gasteiger partial charge is 0.121 e. The van der Waals surface area contributed by atoms with Crippen LogP contribution in [0.5, 0.6) is 0 Å². The first-order valence-corrected chi connectivity index (χ1v) is 4.93. The van der Waals surface area contributed by atoms with E-state index < -0.39 is 0 Å². The van der Waals surface area contributed by atoms with Gasteiger partial charge in [0.1, 0.15) is 0 Å². The maximum absolute atomic E-state index is 5.88. The minimum atomic E-state index is 0.397. The van der Waals surface area contributed by atoms with E-state index in [0.717, 1.165) is 5.56 Å². The second kappa shape index (κ2) is 3.99. The van der Waals surface area contributed by atoms with Crippen LogP contribution in [-0.4, -0.2) is 0 Å². The van der Waals surface area contributed by atoms with Gasteiger partial charge < -0.3 is 0 Å². The van der Waals surface area contributed by atoms with E-state index in [2.05, 4.69) is 15.9 Å². The summed E-state index contributed by atoms with van der Waals surface area (Å²) in [7, 11) is 0. The third-order valence-electron chi connectivity index (χ3n) is 1.26. The maximum Gasteiger partial charge on any atom is 0.0607 e. The predicted octanol–water partition coefficient (Wildman–Crippen LogP) is 4.49. The van der Waals surface area contributed by atoms with Crippen LogP contribution in [0.25, 0.3) is 0 Å². The third-order valence-corrected chi connectivity index (χ3v) is 3.57. The van der Waals surface area contributed by atoms with Crippen LogP contribution < -0.4 is 0 Å². The topological polar surface area (TPSA) is 0 Å². The highest BCUT2D eigenvalue weighted by atomic mass is 79.9. The van der Waals surface area contributed by atoms with Gasteiger partial charge in [0.05, 0.1) is 14.5 Å². The molecule has 1 aromatic rings. The Morgan fingerprint density at radius 2 is 1.91 bits per heavy atom.